The van der Waals surface area contributed by atoms with Crippen LogP contribution in [0.3, 0.4) is 0 Å². The molecule has 0 radical (unpaired) electrons. The van der Waals surface area contributed by atoms with E-state index in [1.807, 2.05) is 0 Å². The Morgan fingerprint density at radius 2 is 1.54 bits per heavy atom. The number of esters is 1. The zero-order valence-corrected chi connectivity index (χ0v) is 17.3. The minimum Gasteiger partial charge on any atom is -0.490 e. The molecule has 28 heavy (non-hydrogen) atoms. The molecule has 0 atom stereocenters. The number of benzene rings is 1. The monoisotopic (exact) mass is 396 g/mol. The molecule has 1 aliphatic carbocycles. The van der Waals surface area contributed by atoms with E-state index < -0.39 is 17.6 Å². The van der Waals surface area contributed by atoms with Crippen LogP contribution in [0, 0.1) is 23.5 Å². The van der Waals surface area contributed by atoms with Gasteiger partial charge in [0.1, 0.15) is 0 Å². The summed E-state index contributed by atoms with van der Waals surface area (Å²) in [4.78, 5) is 12.4. The molecular weight excluding hydrogens is 362 g/mol. The van der Waals surface area contributed by atoms with Gasteiger partial charge in [-0.2, -0.15) is 8.78 Å². The molecule has 3 nitrogen and oxygen atoms in total. The van der Waals surface area contributed by atoms with Crippen molar-refractivity contribution in [2.24, 2.45) is 11.8 Å². The van der Waals surface area contributed by atoms with Crippen molar-refractivity contribution in [3.63, 3.8) is 0 Å². The Bertz CT molecular complexity index is 610. The quantitative estimate of drug-likeness (QED) is 0.234. The largest absolute Gasteiger partial charge is 0.490 e. The molecule has 1 fully saturated rings. The van der Waals surface area contributed by atoms with Gasteiger partial charge in [-0.3, -0.25) is 4.79 Å². The summed E-state index contributed by atoms with van der Waals surface area (Å²) in [5.41, 5.74) is 0. The average Bonchev–Trinajstić information content (AvgIpc) is 2.71. The van der Waals surface area contributed by atoms with Crippen LogP contribution < -0.4 is 9.47 Å². The molecule has 0 saturated heterocycles. The number of unbranched alkanes of at least 4 members (excludes halogenated alkanes) is 4. The van der Waals surface area contributed by atoms with Crippen LogP contribution in [0.4, 0.5) is 8.78 Å². The number of hydrogen-bond donors (Lipinski definition) is 0. The molecule has 0 aliphatic heterocycles. The first-order chi connectivity index (χ1) is 13.6. The van der Waals surface area contributed by atoms with Crippen molar-refractivity contribution in [1.29, 1.82) is 0 Å². The van der Waals surface area contributed by atoms with Gasteiger partial charge in [0.25, 0.3) is 0 Å². The van der Waals surface area contributed by atoms with E-state index in [-0.39, 0.29) is 17.4 Å². The highest BCUT2D eigenvalue weighted by atomic mass is 19.2. The molecule has 0 amide bonds. The van der Waals surface area contributed by atoms with Gasteiger partial charge in [0.15, 0.2) is 11.5 Å². The van der Waals surface area contributed by atoms with E-state index in [0.717, 1.165) is 44.9 Å². The SMILES string of the molecule is CCCCCOc1ccc(OC(=O)[C@H]2CC[C@H](CCCCC)CC2)c(F)c1F. The van der Waals surface area contributed by atoms with E-state index in [4.69, 9.17) is 9.47 Å². The lowest BCUT2D eigenvalue weighted by molar-refractivity contribution is -0.140. The van der Waals surface area contributed by atoms with E-state index in [9.17, 15) is 13.6 Å². The second-order valence-corrected chi connectivity index (χ2v) is 7.88. The Morgan fingerprint density at radius 3 is 2.21 bits per heavy atom. The van der Waals surface area contributed by atoms with E-state index in [1.165, 1.54) is 37.8 Å². The van der Waals surface area contributed by atoms with Gasteiger partial charge in [-0.25, -0.2) is 0 Å². The summed E-state index contributed by atoms with van der Waals surface area (Å²) in [6.45, 7) is 4.59. The van der Waals surface area contributed by atoms with Crippen LogP contribution in [0.5, 0.6) is 11.5 Å². The minimum atomic E-state index is -1.16. The van der Waals surface area contributed by atoms with Crippen LogP contribution in [0.25, 0.3) is 0 Å². The molecule has 1 aliphatic rings. The molecule has 2 rings (SSSR count). The van der Waals surface area contributed by atoms with Crippen molar-refractivity contribution in [1.82, 2.24) is 0 Å². The molecule has 0 spiro atoms. The third-order valence-corrected chi connectivity index (χ3v) is 5.62. The van der Waals surface area contributed by atoms with Gasteiger partial charge in [-0.1, -0.05) is 52.4 Å². The van der Waals surface area contributed by atoms with E-state index in [0.29, 0.717) is 12.5 Å². The van der Waals surface area contributed by atoms with Gasteiger partial charge < -0.3 is 9.47 Å². The number of carbonyl (C=O) groups excluding carboxylic acids is 1. The first-order valence-corrected chi connectivity index (χ1v) is 10.9. The highest BCUT2D eigenvalue weighted by Gasteiger charge is 2.28. The summed E-state index contributed by atoms with van der Waals surface area (Å²) >= 11 is 0. The summed E-state index contributed by atoms with van der Waals surface area (Å²) in [6.07, 6.45) is 11.2. The Labute approximate surface area is 167 Å². The Balaban J connectivity index is 1.84. The lowest BCUT2D eigenvalue weighted by Crippen LogP contribution is -2.26. The van der Waals surface area contributed by atoms with Crippen molar-refractivity contribution >= 4 is 5.97 Å². The highest BCUT2D eigenvalue weighted by Crippen LogP contribution is 2.34. The maximum atomic E-state index is 14.3. The van der Waals surface area contributed by atoms with E-state index >= 15 is 0 Å². The summed E-state index contributed by atoms with van der Waals surface area (Å²) in [7, 11) is 0. The number of ether oxygens (including phenoxy) is 2. The van der Waals surface area contributed by atoms with Crippen LogP contribution in [0.15, 0.2) is 12.1 Å². The fourth-order valence-electron chi connectivity index (χ4n) is 3.80. The van der Waals surface area contributed by atoms with Crippen LogP contribution in [-0.4, -0.2) is 12.6 Å². The fourth-order valence-corrected chi connectivity index (χ4v) is 3.80. The van der Waals surface area contributed by atoms with Crippen LogP contribution in [0.2, 0.25) is 0 Å². The molecule has 1 saturated carbocycles. The lowest BCUT2D eigenvalue weighted by Gasteiger charge is -2.27. The molecule has 158 valence electrons. The zero-order valence-electron chi connectivity index (χ0n) is 17.3. The average molecular weight is 397 g/mol. The number of hydrogen-bond acceptors (Lipinski definition) is 3. The maximum absolute atomic E-state index is 14.3. The van der Waals surface area contributed by atoms with E-state index in [2.05, 4.69) is 13.8 Å². The highest BCUT2D eigenvalue weighted by molar-refractivity contribution is 5.75. The molecule has 1 aromatic rings. The Morgan fingerprint density at radius 1 is 0.929 bits per heavy atom. The third kappa shape index (κ3) is 6.75. The Kier molecular flexibility index (Phi) is 9.72. The molecule has 0 N–H and O–H groups in total. The smallest absolute Gasteiger partial charge is 0.314 e. The standard InChI is InChI=1S/C23H34F2O3/c1-3-5-7-9-17-10-12-18(13-11-17)23(26)28-20-15-14-19(21(24)22(20)25)27-16-8-6-4-2/h14-15,17-18H,3-13,16H2,1-2H3/t17-,18-. The number of halogens is 2. The second kappa shape index (κ2) is 12.0. The maximum Gasteiger partial charge on any atom is 0.314 e. The van der Waals surface area contributed by atoms with Gasteiger partial charge in [-0.15, -0.1) is 0 Å². The molecular formula is C23H34F2O3. The molecule has 5 heteroatoms. The lowest BCUT2D eigenvalue weighted by atomic mass is 9.80. The van der Waals surface area contributed by atoms with Crippen LogP contribution in [-0.2, 0) is 4.79 Å². The molecule has 0 bridgehead atoms. The molecule has 0 aromatic heterocycles. The third-order valence-electron chi connectivity index (χ3n) is 5.62. The molecule has 0 heterocycles. The topological polar surface area (TPSA) is 35.5 Å². The molecule has 0 unspecified atom stereocenters. The number of rotatable bonds is 11. The van der Waals surface area contributed by atoms with Gasteiger partial charge in [0, 0.05) is 0 Å². The first kappa shape index (κ1) is 22.6. The minimum absolute atomic E-state index is 0.138. The zero-order chi connectivity index (χ0) is 20.4. The summed E-state index contributed by atoms with van der Waals surface area (Å²) in [5.74, 6) is -2.75. The predicted octanol–water partition coefficient (Wildman–Crippen LogP) is 6.83. The second-order valence-electron chi connectivity index (χ2n) is 7.88. The van der Waals surface area contributed by atoms with Crippen LogP contribution >= 0.6 is 0 Å². The number of carbonyl (C=O) groups is 1. The van der Waals surface area contributed by atoms with Gasteiger partial charge in [-0.05, 0) is 50.2 Å². The fraction of sp³-hybridized carbons (Fsp3) is 0.696. The Hall–Kier alpha value is -1.65. The summed E-state index contributed by atoms with van der Waals surface area (Å²) in [5, 5.41) is 0. The van der Waals surface area contributed by atoms with E-state index in [1.54, 1.807) is 0 Å². The normalized spacial score (nSPS) is 19.4. The van der Waals surface area contributed by atoms with Crippen molar-refractivity contribution in [2.75, 3.05) is 6.61 Å². The van der Waals surface area contributed by atoms with Crippen molar-refractivity contribution < 1.29 is 23.0 Å². The predicted molar refractivity (Wildman–Crippen MR) is 107 cm³/mol. The van der Waals surface area contributed by atoms with Crippen molar-refractivity contribution in [2.45, 2.75) is 84.5 Å². The van der Waals surface area contributed by atoms with Gasteiger partial charge >= 0.3 is 5.97 Å². The van der Waals surface area contributed by atoms with Crippen molar-refractivity contribution in [3.05, 3.63) is 23.8 Å². The van der Waals surface area contributed by atoms with Gasteiger partial charge in [0.2, 0.25) is 11.6 Å². The van der Waals surface area contributed by atoms with Gasteiger partial charge in [0.05, 0.1) is 12.5 Å². The van der Waals surface area contributed by atoms with Crippen LogP contribution in [0.1, 0.15) is 84.5 Å². The van der Waals surface area contributed by atoms with Crippen molar-refractivity contribution in [3.8, 4) is 11.5 Å². The summed E-state index contributed by atoms with van der Waals surface area (Å²) in [6, 6.07) is 2.61. The first-order valence-electron chi connectivity index (χ1n) is 10.9. The molecule has 1 aromatic carbocycles. The summed E-state index contributed by atoms with van der Waals surface area (Å²) < 4.78 is 38.9.